The number of ether oxygens (including phenoxy) is 1. The van der Waals surface area contributed by atoms with E-state index in [9.17, 15) is 9.90 Å². The molecule has 0 aromatic heterocycles. The van der Waals surface area contributed by atoms with E-state index >= 15 is 0 Å². The molecule has 1 fully saturated rings. The van der Waals surface area contributed by atoms with Gasteiger partial charge in [-0.1, -0.05) is 18.2 Å². The molecule has 1 heterocycles. The normalized spacial score (nSPS) is 18.3. The van der Waals surface area contributed by atoms with Crippen molar-refractivity contribution in [2.75, 3.05) is 13.1 Å². The van der Waals surface area contributed by atoms with Gasteiger partial charge in [-0.2, -0.15) is 0 Å². The maximum atomic E-state index is 11.6. The van der Waals surface area contributed by atoms with E-state index < -0.39 is 12.2 Å². The molecule has 1 amide bonds. The molecule has 4 nitrogen and oxygen atoms in total. The van der Waals surface area contributed by atoms with E-state index in [1.807, 2.05) is 6.07 Å². The number of para-hydroxylation sites is 1. The third kappa shape index (κ3) is 4.96. The summed E-state index contributed by atoms with van der Waals surface area (Å²) in [7, 11) is 0. The molecule has 6 heteroatoms. The molecule has 1 aliphatic rings. The first-order valence-electron chi connectivity index (χ1n) is 5.10. The van der Waals surface area contributed by atoms with Crippen molar-refractivity contribution in [3.8, 4) is 5.75 Å². The van der Waals surface area contributed by atoms with Gasteiger partial charge in [0.05, 0.1) is 6.10 Å². The molecule has 1 aliphatic heterocycles. The summed E-state index contributed by atoms with van der Waals surface area (Å²) in [6, 6.07) is 8.93. The minimum Gasteiger partial charge on any atom is -0.410 e. The number of likely N-dealkylation sites (tertiary alicyclic amines) is 1. The fourth-order valence-corrected chi connectivity index (χ4v) is 1.56. The van der Waals surface area contributed by atoms with E-state index in [0.717, 1.165) is 0 Å². The lowest BCUT2D eigenvalue weighted by Gasteiger charge is -2.14. The summed E-state index contributed by atoms with van der Waals surface area (Å²) in [4.78, 5) is 13.1. The Bertz CT molecular complexity index is 348. The maximum absolute atomic E-state index is 11.6. The number of hydrogen-bond acceptors (Lipinski definition) is 3. The molecular formula is C11H13I2NO3. The molecule has 0 unspecified atom stereocenters. The van der Waals surface area contributed by atoms with Crippen LogP contribution in [0.15, 0.2) is 30.3 Å². The Kier molecular flexibility index (Phi) is 7.12. The van der Waals surface area contributed by atoms with Crippen LogP contribution in [-0.2, 0) is 0 Å². The highest BCUT2D eigenvalue weighted by atomic mass is 128. The van der Waals surface area contributed by atoms with Gasteiger partial charge in [0.2, 0.25) is 0 Å². The molecular weight excluding hydrogens is 448 g/mol. The minimum absolute atomic E-state index is 0.367. The highest BCUT2D eigenvalue weighted by Crippen LogP contribution is 2.14. The second-order valence-corrected chi connectivity index (χ2v) is 3.57. The van der Waals surface area contributed by atoms with Gasteiger partial charge in [-0.15, -0.1) is 0 Å². The summed E-state index contributed by atoms with van der Waals surface area (Å²) in [6.45, 7) is 0.929. The van der Waals surface area contributed by atoms with E-state index in [1.165, 1.54) is 4.90 Å². The van der Waals surface area contributed by atoms with Gasteiger partial charge in [-0.25, -0.2) is 4.79 Å². The molecule has 1 aromatic rings. The predicted molar refractivity (Wildman–Crippen MR) is 82.7 cm³/mol. The number of benzene rings is 1. The molecule has 1 saturated heterocycles. The molecule has 0 aliphatic carbocycles. The van der Waals surface area contributed by atoms with Crippen LogP contribution >= 0.6 is 37.2 Å². The first kappa shape index (κ1) is 15.0. The summed E-state index contributed by atoms with van der Waals surface area (Å²) in [5, 5.41) is 9.27. The van der Waals surface area contributed by atoms with Crippen molar-refractivity contribution in [3.05, 3.63) is 30.3 Å². The molecule has 1 N–H and O–H groups in total. The van der Waals surface area contributed by atoms with E-state index in [0.29, 0.717) is 25.3 Å². The van der Waals surface area contributed by atoms with Crippen LogP contribution in [0, 0.1) is 0 Å². The highest BCUT2D eigenvalue weighted by Gasteiger charge is 2.25. The number of halogens is 2. The fourth-order valence-electron chi connectivity index (χ4n) is 1.56. The summed E-state index contributed by atoms with van der Waals surface area (Å²) >= 11 is 4.24. The number of amides is 1. The van der Waals surface area contributed by atoms with Gasteiger partial charge in [0, 0.05) is 50.3 Å². The highest BCUT2D eigenvalue weighted by molar-refractivity contribution is 15.0. The largest absolute Gasteiger partial charge is 0.415 e. The maximum Gasteiger partial charge on any atom is 0.415 e. The second kappa shape index (κ2) is 8.09. The average molecular weight is 461 g/mol. The zero-order chi connectivity index (χ0) is 12.7. The lowest BCUT2D eigenvalue weighted by atomic mass is 10.3. The first-order chi connectivity index (χ1) is 8.25. The average Bonchev–Trinajstić information content (AvgIpc) is 2.80. The monoisotopic (exact) mass is 461 g/mol. The van der Waals surface area contributed by atoms with Crippen molar-refractivity contribution >= 4 is 43.3 Å². The van der Waals surface area contributed by atoms with Crippen LogP contribution in [0.5, 0.6) is 5.75 Å². The zero-order valence-electron chi connectivity index (χ0n) is 9.05. The Balaban J connectivity index is 0.000000686. The molecule has 94 valence electrons. The third-order valence-corrected chi connectivity index (χ3v) is 2.37. The Hall–Kier alpha value is -0.0900. The van der Waals surface area contributed by atoms with Crippen LogP contribution < -0.4 is 4.74 Å². The second-order valence-electron chi connectivity index (χ2n) is 3.57. The minimum atomic E-state index is -0.409. The number of carbonyl (C=O) groups excluding carboxylic acids is 1. The zero-order valence-corrected chi connectivity index (χ0v) is 13.4. The Morgan fingerprint density at radius 2 is 2.00 bits per heavy atom. The number of nitrogens with zero attached hydrogens (tertiary/aromatic N) is 1. The number of rotatable bonds is 1. The number of aliphatic hydroxyl groups excluding tert-OH is 1. The number of aliphatic hydroxyl groups is 1. The number of β-amino-alcohol motifs (C(OH)–C–C–N with tert-alkyl or cyclic N) is 1. The number of hydrogen-bond donors (Lipinski definition) is 1. The first-order valence-corrected chi connectivity index (χ1v) is 11.4. The molecule has 2 rings (SSSR count). The van der Waals surface area contributed by atoms with Crippen molar-refractivity contribution in [2.45, 2.75) is 12.5 Å². The Labute approximate surface area is 124 Å². The third-order valence-electron chi connectivity index (χ3n) is 2.37. The summed E-state index contributed by atoms with van der Waals surface area (Å²) in [5.41, 5.74) is 0. The lowest BCUT2D eigenvalue weighted by molar-refractivity contribution is 0.145. The van der Waals surface area contributed by atoms with E-state index in [1.54, 1.807) is 24.3 Å². The topological polar surface area (TPSA) is 49.8 Å². The van der Waals surface area contributed by atoms with Gasteiger partial charge in [-0.3, -0.25) is 0 Å². The van der Waals surface area contributed by atoms with Crippen molar-refractivity contribution in [1.29, 1.82) is 0 Å². The van der Waals surface area contributed by atoms with E-state index in [4.69, 9.17) is 4.74 Å². The van der Waals surface area contributed by atoms with E-state index in [-0.39, 0.29) is 0 Å². The Morgan fingerprint density at radius 1 is 1.35 bits per heavy atom. The summed E-state index contributed by atoms with van der Waals surface area (Å²) in [5.74, 6) is 0.531. The van der Waals surface area contributed by atoms with Gasteiger partial charge < -0.3 is 14.7 Å². The van der Waals surface area contributed by atoms with E-state index in [2.05, 4.69) is 37.2 Å². The van der Waals surface area contributed by atoms with Crippen molar-refractivity contribution in [1.82, 2.24) is 4.90 Å². The molecule has 1 aromatic carbocycles. The van der Waals surface area contributed by atoms with Crippen molar-refractivity contribution in [2.24, 2.45) is 0 Å². The molecule has 0 radical (unpaired) electrons. The molecule has 0 bridgehead atoms. The van der Waals surface area contributed by atoms with Gasteiger partial charge in [0.25, 0.3) is 0 Å². The van der Waals surface area contributed by atoms with Crippen LogP contribution in [0.1, 0.15) is 6.42 Å². The number of carbonyl (C=O) groups is 1. The lowest BCUT2D eigenvalue weighted by Crippen LogP contribution is -2.32. The Morgan fingerprint density at radius 3 is 2.53 bits per heavy atom. The molecule has 0 spiro atoms. The standard InChI is InChI=1S/C11H13NO3.I2/c13-9-6-7-12(8-9)11(14)15-10-4-2-1-3-5-10;1-2/h1-5,9,13H,6-8H2;/t9-;/m0./s1. The van der Waals surface area contributed by atoms with Crippen LogP contribution in [-0.4, -0.2) is 35.3 Å². The van der Waals surface area contributed by atoms with Crippen LogP contribution in [0.2, 0.25) is 0 Å². The van der Waals surface area contributed by atoms with Gasteiger partial charge in [0.15, 0.2) is 0 Å². The summed E-state index contributed by atoms with van der Waals surface area (Å²) in [6.07, 6.45) is -0.171. The predicted octanol–water partition coefficient (Wildman–Crippen LogP) is 3.02. The van der Waals surface area contributed by atoms with Crippen molar-refractivity contribution in [3.63, 3.8) is 0 Å². The molecule has 1 atom stereocenters. The fraction of sp³-hybridized carbons (Fsp3) is 0.364. The molecule has 17 heavy (non-hydrogen) atoms. The summed E-state index contributed by atoms with van der Waals surface area (Å²) < 4.78 is 5.12. The molecule has 0 saturated carbocycles. The van der Waals surface area contributed by atoms with Gasteiger partial charge >= 0.3 is 6.09 Å². The quantitative estimate of drug-likeness (QED) is 0.655. The van der Waals surface area contributed by atoms with Crippen LogP contribution in [0.25, 0.3) is 0 Å². The SMILES string of the molecule is II.O=C(Oc1ccccc1)N1CC[C@H](O)C1. The van der Waals surface area contributed by atoms with Crippen LogP contribution in [0.3, 0.4) is 0 Å². The van der Waals surface area contributed by atoms with Gasteiger partial charge in [0.1, 0.15) is 5.75 Å². The van der Waals surface area contributed by atoms with Crippen molar-refractivity contribution < 1.29 is 14.6 Å². The van der Waals surface area contributed by atoms with Gasteiger partial charge in [-0.05, 0) is 18.6 Å². The smallest absolute Gasteiger partial charge is 0.410 e. The van der Waals surface area contributed by atoms with Crippen LogP contribution in [0.4, 0.5) is 4.79 Å².